The number of rotatable bonds is 10. The third-order valence-electron chi connectivity index (χ3n) is 7.81. The Hall–Kier alpha value is -4.26. The molecule has 3 aromatic carbocycles. The molecule has 10 heteroatoms. The summed E-state index contributed by atoms with van der Waals surface area (Å²) in [6.45, 7) is 2.11. The summed E-state index contributed by atoms with van der Waals surface area (Å²) < 4.78 is 13.9. The van der Waals surface area contributed by atoms with Gasteiger partial charge in [-0.25, -0.2) is 4.39 Å². The van der Waals surface area contributed by atoms with Gasteiger partial charge in [-0.15, -0.1) is 5.53 Å². The zero-order chi connectivity index (χ0) is 29.3. The first-order valence-electron chi connectivity index (χ1n) is 14.1. The number of fused-ring (bicyclic) bond motifs is 1. The molecule has 0 saturated heterocycles. The lowest BCUT2D eigenvalue weighted by Gasteiger charge is -2.34. The van der Waals surface area contributed by atoms with E-state index in [2.05, 4.69) is 51.7 Å². The maximum atomic E-state index is 13.9. The number of benzene rings is 3. The number of hydrazine groups is 2. The molecule has 1 aliphatic carbocycles. The van der Waals surface area contributed by atoms with Crippen LogP contribution in [0.3, 0.4) is 0 Å². The van der Waals surface area contributed by atoms with Crippen LogP contribution in [0, 0.1) is 17.1 Å². The molecular formula is C32H30BClFN7. The molecule has 2 aliphatic rings. The van der Waals surface area contributed by atoms with Gasteiger partial charge in [-0.2, -0.15) is 5.26 Å². The zero-order valence-electron chi connectivity index (χ0n) is 23.2. The summed E-state index contributed by atoms with van der Waals surface area (Å²) >= 11 is 6.80. The van der Waals surface area contributed by atoms with Gasteiger partial charge in [0.25, 0.3) is 0 Å². The average molecular weight is 578 g/mol. The van der Waals surface area contributed by atoms with E-state index < -0.39 is 5.44 Å². The van der Waals surface area contributed by atoms with Crippen molar-refractivity contribution in [3.63, 3.8) is 0 Å². The molecule has 2 atom stereocenters. The van der Waals surface area contributed by atoms with E-state index in [4.69, 9.17) is 19.4 Å². The molecule has 0 spiro atoms. The molecule has 4 N–H and O–H groups in total. The average Bonchev–Trinajstić information content (AvgIpc) is 3.73. The Kier molecular flexibility index (Phi) is 7.67. The first-order valence-corrected chi connectivity index (χ1v) is 14.4. The summed E-state index contributed by atoms with van der Waals surface area (Å²) in [6, 6.07) is 22.7. The molecule has 7 nitrogen and oxygen atoms in total. The van der Waals surface area contributed by atoms with E-state index in [0.717, 1.165) is 25.7 Å². The minimum absolute atomic E-state index is 0.0700. The molecule has 0 amide bonds. The fourth-order valence-corrected chi connectivity index (χ4v) is 5.55. The van der Waals surface area contributed by atoms with E-state index in [1.807, 2.05) is 35.5 Å². The Balaban J connectivity index is 1.40. The van der Waals surface area contributed by atoms with Crippen molar-refractivity contribution in [3.05, 3.63) is 112 Å². The number of aromatic nitrogens is 1. The highest BCUT2D eigenvalue weighted by Gasteiger charge is 2.37. The van der Waals surface area contributed by atoms with Crippen LogP contribution in [0.1, 0.15) is 42.9 Å². The second kappa shape index (κ2) is 11.6. The molecule has 1 fully saturated rings. The molecule has 6 rings (SSSR count). The van der Waals surface area contributed by atoms with Gasteiger partial charge in [0.15, 0.2) is 0 Å². The van der Waals surface area contributed by atoms with E-state index in [1.165, 1.54) is 17.7 Å². The Morgan fingerprint density at radius 1 is 1.19 bits per heavy atom. The maximum Gasteiger partial charge on any atom is 0.123 e. The fraction of sp³-hybridized carbons (Fsp3) is 0.250. The van der Waals surface area contributed by atoms with Crippen molar-refractivity contribution in [2.45, 2.75) is 50.1 Å². The summed E-state index contributed by atoms with van der Waals surface area (Å²) in [5.74, 6) is -0.354. The lowest BCUT2D eigenvalue weighted by Crippen LogP contribution is -2.45. The van der Waals surface area contributed by atoms with E-state index >= 15 is 0 Å². The molecule has 2 heterocycles. The van der Waals surface area contributed by atoms with Crippen molar-refractivity contribution in [1.82, 2.24) is 21.0 Å². The van der Waals surface area contributed by atoms with Gasteiger partial charge in [-0.1, -0.05) is 61.0 Å². The molecule has 210 valence electrons. The predicted octanol–water partition coefficient (Wildman–Crippen LogP) is 6.09. The first-order chi connectivity index (χ1) is 20.4. The third kappa shape index (κ3) is 5.60. The Labute approximate surface area is 251 Å². The summed E-state index contributed by atoms with van der Waals surface area (Å²) in [4.78, 5) is 4.51. The van der Waals surface area contributed by atoms with Crippen LogP contribution in [0.2, 0.25) is 5.02 Å². The molecule has 0 bridgehead atoms. The monoisotopic (exact) mass is 577 g/mol. The second-order valence-corrected chi connectivity index (χ2v) is 11.2. The summed E-state index contributed by atoms with van der Waals surface area (Å²) in [5, 5.41) is 20.2. The lowest BCUT2D eigenvalue weighted by atomic mass is 9.69. The van der Waals surface area contributed by atoms with Crippen LogP contribution in [-0.4, -0.2) is 29.9 Å². The van der Waals surface area contributed by atoms with Crippen molar-refractivity contribution in [3.8, 4) is 6.07 Å². The van der Waals surface area contributed by atoms with Gasteiger partial charge < -0.3 is 16.1 Å². The molecule has 1 aliphatic heterocycles. The number of nitrogens with one attached hydrogen (secondary N) is 4. The smallest absolute Gasteiger partial charge is 0.123 e. The van der Waals surface area contributed by atoms with Gasteiger partial charge in [0, 0.05) is 35.6 Å². The number of halogens is 2. The van der Waals surface area contributed by atoms with Crippen LogP contribution in [-0.2, 0) is 11.9 Å². The van der Waals surface area contributed by atoms with Gasteiger partial charge in [0.2, 0.25) is 0 Å². The molecule has 2 unspecified atom stereocenters. The van der Waals surface area contributed by atoms with Crippen LogP contribution >= 0.6 is 11.6 Å². The standard InChI is InChI=1S/C32H30BClFN7/c1-2-24(14-20-6-4-3-5-7-20)38-30-21(17-36)18-37-31-27(30)15-25(16-28(31)34)39-32(33,22-8-10-23(35)11-9-22)29-19-42(41-40-29)26-12-13-26/h3-11,15-16,18-19,24,26,39-41H,2,12-14H2,1H3,(H,37,38). The zero-order valence-corrected chi connectivity index (χ0v) is 23.9. The Morgan fingerprint density at radius 2 is 1.95 bits per heavy atom. The fourth-order valence-electron chi connectivity index (χ4n) is 5.29. The summed E-state index contributed by atoms with van der Waals surface area (Å²) in [5.41, 5.74) is 9.88. The highest BCUT2D eigenvalue weighted by molar-refractivity contribution is 6.36. The van der Waals surface area contributed by atoms with E-state index in [0.29, 0.717) is 50.2 Å². The van der Waals surface area contributed by atoms with Gasteiger partial charge >= 0.3 is 0 Å². The minimum Gasteiger partial charge on any atom is -0.380 e. The topological polar surface area (TPSA) is 88.0 Å². The molecule has 2 radical (unpaired) electrons. The normalized spacial score (nSPS) is 16.7. The second-order valence-electron chi connectivity index (χ2n) is 10.8. The summed E-state index contributed by atoms with van der Waals surface area (Å²) in [7, 11) is 7.11. The van der Waals surface area contributed by atoms with Crippen molar-refractivity contribution >= 4 is 41.7 Å². The number of hydrogen-bond donors (Lipinski definition) is 4. The SMILES string of the molecule is [B]C(Nc1cc(Cl)c2ncc(C#N)c(NC(CC)Cc3ccccc3)c2c1)(C1=CN(C2CC2)NN1)c1ccc(F)cc1. The highest BCUT2D eigenvalue weighted by atomic mass is 35.5. The minimum atomic E-state index is -1.27. The van der Waals surface area contributed by atoms with Crippen molar-refractivity contribution in [2.24, 2.45) is 0 Å². The molecule has 1 saturated carbocycles. The number of pyridine rings is 1. The molecule has 1 aromatic heterocycles. The van der Waals surface area contributed by atoms with Crippen molar-refractivity contribution in [2.75, 3.05) is 10.6 Å². The number of nitrogens with zero attached hydrogens (tertiary/aromatic N) is 3. The van der Waals surface area contributed by atoms with Crippen LogP contribution < -0.4 is 21.6 Å². The summed E-state index contributed by atoms with van der Waals surface area (Å²) in [6.07, 6.45) is 7.31. The van der Waals surface area contributed by atoms with Gasteiger partial charge in [-0.05, 0) is 61.1 Å². The molecular weight excluding hydrogens is 548 g/mol. The lowest BCUT2D eigenvalue weighted by molar-refractivity contribution is 0.260. The van der Waals surface area contributed by atoms with Crippen LogP contribution in [0.5, 0.6) is 0 Å². The quantitative estimate of drug-likeness (QED) is 0.170. The Morgan fingerprint density at radius 3 is 2.64 bits per heavy atom. The van der Waals surface area contributed by atoms with Crippen LogP contribution in [0.25, 0.3) is 10.9 Å². The van der Waals surface area contributed by atoms with E-state index in [1.54, 1.807) is 24.4 Å². The molecule has 42 heavy (non-hydrogen) atoms. The van der Waals surface area contributed by atoms with Crippen LogP contribution in [0.4, 0.5) is 15.8 Å². The maximum absolute atomic E-state index is 13.9. The van der Waals surface area contributed by atoms with Crippen molar-refractivity contribution in [1.29, 1.82) is 5.26 Å². The van der Waals surface area contributed by atoms with Gasteiger partial charge in [0.05, 0.1) is 32.9 Å². The number of hydrogen-bond acceptors (Lipinski definition) is 7. The van der Waals surface area contributed by atoms with Gasteiger partial charge in [-0.3, -0.25) is 9.99 Å². The highest BCUT2D eigenvalue weighted by Crippen LogP contribution is 2.38. The number of nitriles is 1. The molecule has 4 aromatic rings. The van der Waals surface area contributed by atoms with E-state index in [9.17, 15) is 9.65 Å². The number of anilines is 2. The van der Waals surface area contributed by atoms with Crippen LogP contribution in [0.15, 0.2) is 84.8 Å². The largest absolute Gasteiger partial charge is 0.380 e. The Bertz CT molecular complexity index is 1670. The first kappa shape index (κ1) is 27.9. The third-order valence-corrected chi connectivity index (χ3v) is 8.09. The van der Waals surface area contributed by atoms with Crippen molar-refractivity contribution < 1.29 is 4.39 Å². The predicted molar refractivity (Wildman–Crippen MR) is 166 cm³/mol. The van der Waals surface area contributed by atoms with Gasteiger partial charge in [0.1, 0.15) is 19.7 Å². The van der Waals surface area contributed by atoms with E-state index in [-0.39, 0.29) is 11.9 Å².